The van der Waals surface area contributed by atoms with Gasteiger partial charge in [-0.15, -0.1) is 0 Å². The van der Waals surface area contributed by atoms with Gasteiger partial charge in [-0.2, -0.15) is 0 Å². The van der Waals surface area contributed by atoms with E-state index in [2.05, 4.69) is 24.3 Å². The monoisotopic (exact) mass is 314 g/mol. The van der Waals surface area contributed by atoms with Gasteiger partial charge in [0.2, 0.25) is 5.79 Å². The highest BCUT2D eigenvalue weighted by atomic mass is 16.5. The molecule has 0 saturated carbocycles. The highest BCUT2D eigenvalue weighted by molar-refractivity contribution is 5.83. The van der Waals surface area contributed by atoms with Crippen molar-refractivity contribution in [2.24, 2.45) is 0 Å². The van der Waals surface area contributed by atoms with Crippen molar-refractivity contribution < 1.29 is 10.2 Å². The Morgan fingerprint density at radius 3 is 2.21 bits per heavy atom. The zero-order valence-electron chi connectivity index (χ0n) is 13.4. The molecule has 3 aromatic carbocycles. The zero-order valence-corrected chi connectivity index (χ0v) is 13.4. The third kappa shape index (κ3) is 2.20. The highest BCUT2D eigenvalue weighted by Crippen LogP contribution is 2.28. The topological polar surface area (TPSA) is 40.5 Å². The molecule has 0 spiro atoms. The molecule has 2 N–H and O–H groups in total. The standard InChI is InChI=1S/C22H18O2/c1-15(22(23,24)17-9-3-2-4-10-17)18-12-7-13-20-19-11-6-5-8-16(19)14-21(18)20/h2-14,23-24H,1H3. The fraction of sp³-hybridized carbons (Fsp3) is 0.0909. The fourth-order valence-corrected chi connectivity index (χ4v) is 3.38. The molecule has 1 aliphatic carbocycles. The van der Waals surface area contributed by atoms with Crippen LogP contribution in [0.5, 0.6) is 0 Å². The second-order valence-corrected chi connectivity index (χ2v) is 6.16. The second-order valence-electron chi connectivity index (χ2n) is 6.16. The number of fused-ring (bicyclic) bond motifs is 3. The van der Waals surface area contributed by atoms with Crippen LogP contribution >= 0.6 is 0 Å². The molecule has 2 heteroatoms. The summed E-state index contributed by atoms with van der Waals surface area (Å²) >= 11 is 0. The molecular formula is C22H18O2. The molecular weight excluding hydrogens is 296 g/mol. The van der Waals surface area contributed by atoms with Crippen molar-refractivity contribution >= 4 is 11.6 Å². The van der Waals surface area contributed by atoms with Crippen molar-refractivity contribution in [1.29, 1.82) is 0 Å². The lowest BCUT2D eigenvalue weighted by molar-refractivity contribution is -0.117. The molecule has 0 radical (unpaired) electrons. The van der Waals surface area contributed by atoms with Crippen molar-refractivity contribution in [2.75, 3.05) is 0 Å². The van der Waals surface area contributed by atoms with Crippen LogP contribution in [0.2, 0.25) is 0 Å². The van der Waals surface area contributed by atoms with E-state index in [1.165, 1.54) is 5.56 Å². The Bertz CT molecular complexity index is 1030. The Hall–Kier alpha value is -2.68. The van der Waals surface area contributed by atoms with Gasteiger partial charge in [0.1, 0.15) is 0 Å². The summed E-state index contributed by atoms with van der Waals surface area (Å²) in [6, 6.07) is 23.1. The Morgan fingerprint density at radius 1 is 0.750 bits per heavy atom. The van der Waals surface area contributed by atoms with Gasteiger partial charge < -0.3 is 10.2 Å². The molecule has 0 bridgehead atoms. The van der Waals surface area contributed by atoms with Crippen molar-refractivity contribution in [3.8, 4) is 11.1 Å². The molecule has 0 saturated heterocycles. The summed E-state index contributed by atoms with van der Waals surface area (Å²) in [7, 11) is 0. The SMILES string of the molecule is CC(=c1cccc2c1=Cc1ccccc1-2)C(O)(O)c1ccccc1. The zero-order chi connectivity index (χ0) is 16.7. The van der Waals surface area contributed by atoms with Crippen molar-refractivity contribution in [2.45, 2.75) is 12.7 Å². The van der Waals surface area contributed by atoms with E-state index in [0.717, 1.165) is 21.6 Å². The largest absolute Gasteiger partial charge is 0.358 e. The first-order chi connectivity index (χ1) is 11.6. The quantitative estimate of drug-likeness (QED) is 0.558. The van der Waals surface area contributed by atoms with Crippen LogP contribution in [0.15, 0.2) is 72.8 Å². The Labute approximate surface area is 140 Å². The van der Waals surface area contributed by atoms with E-state index >= 15 is 0 Å². The summed E-state index contributed by atoms with van der Waals surface area (Å²) in [6.45, 7) is 1.78. The van der Waals surface area contributed by atoms with Gasteiger partial charge in [-0.05, 0) is 45.7 Å². The lowest BCUT2D eigenvalue weighted by atomic mass is 9.95. The molecule has 0 fully saturated rings. The van der Waals surface area contributed by atoms with Crippen molar-refractivity contribution in [1.82, 2.24) is 0 Å². The predicted molar refractivity (Wildman–Crippen MR) is 96.3 cm³/mol. The molecule has 3 aromatic rings. The normalized spacial score (nSPS) is 13.8. The van der Waals surface area contributed by atoms with Gasteiger partial charge in [-0.1, -0.05) is 72.8 Å². The Kier molecular flexibility index (Phi) is 3.38. The molecule has 24 heavy (non-hydrogen) atoms. The third-order valence-corrected chi connectivity index (χ3v) is 4.76. The molecule has 0 amide bonds. The molecule has 0 atom stereocenters. The minimum atomic E-state index is -2.00. The maximum absolute atomic E-state index is 10.8. The van der Waals surface area contributed by atoms with Gasteiger partial charge in [0.15, 0.2) is 0 Å². The number of rotatable bonds is 2. The average molecular weight is 314 g/mol. The summed E-state index contributed by atoms with van der Waals surface area (Å²) in [5, 5.41) is 23.4. The van der Waals surface area contributed by atoms with Gasteiger partial charge in [-0.25, -0.2) is 0 Å². The van der Waals surface area contributed by atoms with E-state index in [-0.39, 0.29) is 0 Å². The molecule has 118 valence electrons. The predicted octanol–water partition coefficient (Wildman–Crippen LogP) is 2.50. The summed E-state index contributed by atoms with van der Waals surface area (Å²) in [5.74, 6) is -2.00. The summed E-state index contributed by atoms with van der Waals surface area (Å²) < 4.78 is 0. The van der Waals surface area contributed by atoms with Crippen LogP contribution in [-0.4, -0.2) is 10.2 Å². The number of benzene rings is 3. The fourth-order valence-electron chi connectivity index (χ4n) is 3.38. The number of hydrogen-bond acceptors (Lipinski definition) is 2. The van der Waals surface area contributed by atoms with Gasteiger partial charge in [0, 0.05) is 5.56 Å². The lowest BCUT2D eigenvalue weighted by Gasteiger charge is -2.23. The Morgan fingerprint density at radius 2 is 1.42 bits per heavy atom. The molecule has 1 aliphatic rings. The Balaban J connectivity index is 2.00. The lowest BCUT2D eigenvalue weighted by Crippen LogP contribution is -2.36. The van der Waals surface area contributed by atoms with E-state index in [9.17, 15) is 10.2 Å². The molecule has 0 aliphatic heterocycles. The first kappa shape index (κ1) is 14.9. The van der Waals surface area contributed by atoms with E-state index in [1.807, 2.05) is 30.3 Å². The molecule has 0 unspecified atom stereocenters. The van der Waals surface area contributed by atoms with Gasteiger partial charge in [-0.3, -0.25) is 0 Å². The van der Waals surface area contributed by atoms with Crippen LogP contribution in [0, 0.1) is 0 Å². The molecule has 0 aromatic heterocycles. The minimum Gasteiger partial charge on any atom is -0.358 e. The van der Waals surface area contributed by atoms with Crippen LogP contribution in [0.25, 0.3) is 22.8 Å². The van der Waals surface area contributed by atoms with Crippen LogP contribution in [0.4, 0.5) is 0 Å². The third-order valence-electron chi connectivity index (χ3n) is 4.76. The smallest absolute Gasteiger partial charge is 0.213 e. The van der Waals surface area contributed by atoms with E-state index < -0.39 is 5.79 Å². The molecule has 0 heterocycles. The second kappa shape index (κ2) is 5.45. The van der Waals surface area contributed by atoms with Gasteiger partial charge in [0.05, 0.1) is 0 Å². The highest BCUT2D eigenvalue weighted by Gasteiger charge is 2.29. The first-order valence-corrected chi connectivity index (χ1v) is 8.01. The van der Waals surface area contributed by atoms with Crippen molar-refractivity contribution in [3.63, 3.8) is 0 Å². The minimum absolute atomic E-state index is 0.468. The van der Waals surface area contributed by atoms with Crippen molar-refractivity contribution in [3.05, 3.63) is 94.4 Å². The summed E-state index contributed by atoms with van der Waals surface area (Å²) in [6.07, 6.45) is 2.12. The summed E-state index contributed by atoms with van der Waals surface area (Å²) in [5.41, 5.74) is 4.47. The average Bonchev–Trinajstić information content (AvgIpc) is 3.00. The van der Waals surface area contributed by atoms with Crippen LogP contribution < -0.4 is 10.4 Å². The van der Waals surface area contributed by atoms with E-state index in [4.69, 9.17) is 0 Å². The van der Waals surface area contributed by atoms with Crippen LogP contribution in [0.1, 0.15) is 18.1 Å². The van der Waals surface area contributed by atoms with Gasteiger partial charge >= 0.3 is 0 Å². The number of hydrogen-bond donors (Lipinski definition) is 2. The van der Waals surface area contributed by atoms with Crippen LogP contribution in [0.3, 0.4) is 0 Å². The number of aliphatic hydroxyl groups is 2. The maximum Gasteiger partial charge on any atom is 0.213 e. The van der Waals surface area contributed by atoms with Crippen LogP contribution in [-0.2, 0) is 5.79 Å². The molecule has 2 nitrogen and oxygen atoms in total. The van der Waals surface area contributed by atoms with E-state index in [1.54, 1.807) is 31.2 Å². The first-order valence-electron chi connectivity index (χ1n) is 8.01. The maximum atomic E-state index is 10.8. The van der Waals surface area contributed by atoms with E-state index in [0.29, 0.717) is 11.1 Å². The summed E-state index contributed by atoms with van der Waals surface area (Å²) in [4.78, 5) is 0. The molecule has 4 rings (SSSR count). The van der Waals surface area contributed by atoms with Gasteiger partial charge in [0.25, 0.3) is 0 Å².